The lowest BCUT2D eigenvalue weighted by Crippen LogP contribution is -2.49. The van der Waals surface area contributed by atoms with E-state index in [1.165, 1.54) is 0 Å². The fraction of sp³-hybridized carbons (Fsp3) is 0.200. The van der Waals surface area contributed by atoms with Crippen LogP contribution in [0.1, 0.15) is 32.2 Å². The van der Waals surface area contributed by atoms with E-state index in [1.54, 1.807) is 24.3 Å². The maximum Gasteiger partial charge on any atom is 0.167 e. The zero-order chi connectivity index (χ0) is 20.2. The van der Waals surface area contributed by atoms with Gasteiger partial charge in [0.15, 0.2) is 11.6 Å². The molecule has 1 aliphatic rings. The summed E-state index contributed by atoms with van der Waals surface area (Å²) in [5.41, 5.74) is 2.14. The van der Waals surface area contributed by atoms with E-state index in [0.717, 1.165) is 10.6 Å². The predicted octanol–water partition coefficient (Wildman–Crippen LogP) is 4.47. The Bertz CT molecular complexity index is 911. The van der Waals surface area contributed by atoms with E-state index in [4.69, 9.17) is 0 Å². The molecule has 1 heterocycles. The normalized spacial score (nSPS) is 22.2. The summed E-state index contributed by atoms with van der Waals surface area (Å²) < 4.78 is 0. The fourth-order valence-corrected chi connectivity index (χ4v) is 4.30. The first-order valence-electron chi connectivity index (χ1n) is 9.82. The molecule has 1 saturated heterocycles. The van der Waals surface area contributed by atoms with Gasteiger partial charge in [-0.05, 0) is 5.56 Å². The maximum atomic E-state index is 13.4. The Morgan fingerprint density at radius 2 is 1.03 bits per heavy atom. The first kappa shape index (κ1) is 19.2. The summed E-state index contributed by atoms with van der Waals surface area (Å²) in [7, 11) is 0. The number of carbonyl (C=O) groups excluding carboxylic acids is 2. The number of hydrogen-bond acceptors (Lipinski definition) is 4. The summed E-state index contributed by atoms with van der Waals surface area (Å²) >= 11 is 0. The smallest absolute Gasteiger partial charge is 0.167 e. The van der Waals surface area contributed by atoms with Gasteiger partial charge in [0.2, 0.25) is 0 Å². The molecule has 3 atom stereocenters. The minimum absolute atomic E-state index is 0.0518. The molecule has 3 aromatic carbocycles. The van der Waals surface area contributed by atoms with Gasteiger partial charge in [0, 0.05) is 42.0 Å². The Morgan fingerprint density at radius 1 is 0.655 bits per heavy atom. The second-order valence-corrected chi connectivity index (χ2v) is 7.48. The Labute approximate surface area is 170 Å². The molecule has 1 unspecified atom stereocenters. The molecule has 4 nitrogen and oxygen atoms in total. The topological polar surface area (TPSA) is 57.6 Å². The third-order valence-corrected chi connectivity index (χ3v) is 5.66. The first-order valence-corrected chi connectivity index (χ1v) is 9.82. The highest BCUT2D eigenvalue weighted by atomic mass is 16.5. The SMILES string of the molecule is O=C(c1ccccc1)[C@H]1CN(O)C[C@@H](C(=O)c2ccccc2)C1c1ccccc1. The van der Waals surface area contributed by atoms with E-state index in [2.05, 4.69) is 0 Å². The van der Waals surface area contributed by atoms with Crippen LogP contribution in [0.4, 0.5) is 0 Å². The number of hydrogen-bond donors (Lipinski definition) is 1. The number of piperidine rings is 1. The van der Waals surface area contributed by atoms with Crippen molar-refractivity contribution < 1.29 is 14.8 Å². The van der Waals surface area contributed by atoms with Crippen molar-refractivity contribution in [3.63, 3.8) is 0 Å². The second-order valence-electron chi connectivity index (χ2n) is 7.48. The van der Waals surface area contributed by atoms with E-state index >= 15 is 0 Å². The quantitative estimate of drug-likeness (QED) is 0.658. The van der Waals surface area contributed by atoms with Crippen molar-refractivity contribution in [3.05, 3.63) is 108 Å². The lowest BCUT2D eigenvalue weighted by atomic mass is 9.69. The predicted molar refractivity (Wildman–Crippen MR) is 111 cm³/mol. The number of carbonyl (C=O) groups is 2. The molecule has 4 rings (SSSR count). The molecule has 0 bridgehead atoms. The van der Waals surface area contributed by atoms with Crippen LogP contribution < -0.4 is 0 Å². The summed E-state index contributed by atoms with van der Waals surface area (Å²) in [5.74, 6) is -1.44. The number of benzene rings is 3. The highest BCUT2D eigenvalue weighted by molar-refractivity contribution is 6.02. The molecule has 0 aliphatic carbocycles. The van der Waals surface area contributed by atoms with Crippen LogP contribution in [-0.4, -0.2) is 34.9 Å². The molecule has 1 fully saturated rings. The van der Waals surface area contributed by atoms with Gasteiger partial charge in [-0.25, -0.2) is 0 Å². The van der Waals surface area contributed by atoms with Gasteiger partial charge in [-0.15, -0.1) is 0 Å². The Balaban J connectivity index is 1.77. The summed E-state index contributed by atoms with van der Waals surface area (Å²) in [6, 6.07) is 27.9. The van der Waals surface area contributed by atoms with Gasteiger partial charge >= 0.3 is 0 Å². The molecule has 0 radical (unpaired) electrons. The molecule has 1 N–H and O–H groups in total. The highest BCUT2D eigenvalue weighted by Crippen LogP contribution is 2.40. The summed E-state index contributed by atoms with van der Waals surface area (Å²) in [5, 5.41) is 11.6. The van der Waals surface area contributed by atoms with Crippen molar-refractivity contribution in [1.29, 1.82) is 0 Å². The lowest BCUT2D eigenvalue weighted by Gasteiger charge is -2.40. The minimum atomic E-state index is -0.517. The highest BCUT2D eigenvalue weighted by Gasteiger charge is 2.44. The van der Waals surface area contributed by atoms with Crippen LogP contribution in [0.5, 0.6) is 0 Å². The van der Waals surface area contributed by atoms with Crippen molar-refractivity contribution in [1.82, 2.24) is 5.06 Å². The van der Waals surface area contributed by atoms with E-state index in [1.807, 2.05) is 66.7 Å². The number of Topliss-reactive ketones (excluding diaryl/α,β-unsaturated/α-hetero) is 2. The van der Waals surface area contributed by atoms with Crippen LogP contribution in [0.15, 0.2) is 91.0 Å². The first-order chi connectivity index (χ1) is 14.1. The average Bonchev–Trinajstić information content (AvgIpc) is 2.79. The molecule has 3 aromatic rings. The van der Waals surface area contributed by atoms with Crippen molar-refractivity contribution in [2.75, 3.05) is 13.1 Å². The number of rotatable bonds is 5. The fourth-order valence-electron chi connectivity index (χ4n) is 4.30. The number of hydroxylamine groups is 2. The van der Waals surface area contributed by atoms with Gasteiger partial charge in [0.05, 0.1) is 0 Å². The van der Waals surface area contributed by atoms with Gasteiger partial charge in [-0.1, -0.05) is 91.0 Å². The van der Waals surface area contributed by atoms with Gasteiger partial charge in [-0.3, -0.25) is 9.59 Å². The molecular weight excluding hydrogens is 362 g/mol. The third-order valence-electron chi connectivity index (χ3n) is 5.66. The average molecular weight is 385 g/mol. The molecule has 0 aromatic heterocycles. The molecular formula is C25H23NO3. The zero-order valence-corrected chi connectivity index (χ0v) is 16.0. The molecule has 0 saturated carbocycles. The number of ketones is 2. The summed E-state index contributed by atoms with van der Waals surface area (Å²) in [6.45, 7) is 0.401. The number of nitrogens with zero attached hydrogens (tertiary/aromatic N) is 1. The van der Waals surface area contributed by atoms with Crippen molar-refractivity contribution >= 4 is 11.6 Å². The Hall–Kier alpha value is -3.08. The van der Waals surface area contributed by atoms with Crippen LogP contribution in [0.2, 0.25) is 0 Å². The molecule has 0 amide bonds. The van der Waals surface area contributed by atoms with Crippen LogP contribution in [0.25, 0.3) is 0 Å². The largest absolute Gasteiger partial charge is 0.314 e. The monoisotopic (exact) mass is 385 g/mol. The van der Waals surface area contributed by atoms with Crippen LogP contribution in [-0.2, 0) is 0 Å². The summed E-state index contributed by atoms with van der Waals surface area (Å²) in [6.07, 6.45) is 0. The van der Waals surface area contributed by atoms with Gasteiger partial charge in [0.1, 0.15) is 0 Å². The van der Waals surface area contributed by atoms with E-state index < -0.39 is 11.8 Å². The Morgan fingerprint density at radius 3 is 1.45 bits per heavy atom. The molecule has 4 heteroatoms. The second kappa shape index (κ2) is 8.52. The maximum absolute atomic E-state index is 13.4. The third kappa shape index (κ3) is 4.04. The Kier molecular flexibility index (Phi) is 5.65. The molecule has 29 heavy (non-hydrogen) atoms. The standard InChI is InChI=1S/C25H23NO3/c27-24(19-12-6-2-7-13-19)21-16-26(29)17-22(23(21)18-10-4-1-5-11-18)25(28)20-14-8-3-9-15-20/h1-15,21-23,29H,16-17H2/t21-,22+,23?. The van der Waals surface area contributed by atoms with Crippen molar-refractivity contribution in [3.8, 4) is 0 Å². The van der Waals surface area contributed by atoms with Gasteiger partial charge < -0.3 is 5.21 Å². The van der Waals surface area contributed by atoms with Crippen LogP contribution in [0.3, 0.4) is 0 Å². The van der Waals surface area contributed by atoms with Crippen molar-refractivity contribution in [2.24, 2.45) is 11.8 Å². The van der Waals surface area contributed by atoms with Crippen LogP contribution in [0, 0.1) is 11.8 Å². The lowest BCUT2D eigenvalue weighted by molar-refractivity contribution is -0.127. The molecule has 146 valence electrons. The van der Waals surface area contributed by atoms with E-state index in [9.17, 15) is 14.8 Å². The van der Waals surface area contributed by atoms with E-state index in [0.29, 0.717) is 11.1 Å². The van der Waals surface area contributed by atoms with Crippen LogP contribution >= 0.6 is 0 Å². The van der Waals surface area contributed by atoms with E-state index in [-0.39, 0.29) is 30.6 Å². The zero-order valence-electron chi connectivity index (χ0n) is 16.0. The molecule has 1 aliphatic heterocycles. The minimum Gasteiger partial charge on any atom is -0.314 e. The van der Waals surface area contributed by atoms with Gasteiger partial charge in [-0.2, -0.15) is 5.06 Å². The summed E-state index contributed by atoms with van der Waals surface area (Å²) in [4.78, 5) is 26.8. The van der Waals surface area contributed by atoms with Gasteiger partial charge in [0.25, 0.3) is 0 Å². The van der Waals surface area contributed by atoms with Crippen molar-refractivity contribution in [2.45, 2.75) is 5.92 Å². The molecule has 0 spiro atoms.